The van der Waals surface area contributed by atoms with Crippen LogP contribution in [0.1, 0.15) is 100 Å². The fourth-order valence-electron chi connectivity index (χ4n) is 10.7. The van der Waals surface area contributed by atoms with Crippen LogP contribution in [0.4, 0.5) is 0 Å². The van der Waals surface area contributed by atoms with E-state index < -0.39 is 102 Å². The van der Waals surface area contributed by atoms with Crippen molar-refractivity contribution in [1.82, 2.24) is 4.90 Å². The Morgan fingerprint density at radius 3 is 2.10 bits per heavy atom. The molecule has 0 saturated carbocycles. The second-order valence-electron chi connectivity index (χ2n) is 19.1. The summed E-state index contributed by atoms with van der Waals surface area (Å²) in [7, 11) is 7.01. The molecule has 4 heterocycles. The number of ether oxygens (including phenoxy) is 9. The van der Waals surface area contributed by atoms with Crippen molar-refractivity contribution in [3.05, 3.63) is 35.9 Å². The molecule has 0 spiro atoms. The summed E-state index contributed by atoms with van der Waals surface area (Å²) in [6, 6.07) is 9.62. The van der Waals surface area contributed by atoms with Crippen LogP contribution in [-0.2, 0) is 63.6 Å². The Morgan fingerprint density at radius 2 is 1.49 bits per heavy atom. The lowest BCUT2D eigenvalue weighted by Gasteiger charge is -2.50. The predicted octanol–water partition coefficient (Wildman–Crippen LogP) is 5.53. The number of rotatable bonds is 11. The molecule has 5 rings (SSSR count). The summed E-state index contributed by atoms with van der Waals surface area (Å²) in [5.41, 5.74) is -2.30. The lowest BCUT2D eigenvalue weighted by atomic mass is 9.70. The van der Waals surface area contributed by atoms with E-state index in [1.807, 2.05) is 97.8 Å². The number of ketones is 2. The molecule has 1 aromatic rings. The van der Waals surface area contributed by atoms with Gasteiger partial charge in [0.05, 0.1) is 54.1 Å². The van der Waals surface area contributed by atoms with E-state index in [-0.39, 0.29) is 43.2 Å². The van der Waals surface area contributed by atoms with Gasteiger partial charge in [-0.25, -0.2) is 0 Å². The number of fused-ring (bicyclic) bond motifs is 1. The zero-order valence-electron chi connectivity index (χ0n) is 39.1. The van der Waals surface area contributed by atoms with Crippen LogP contribution in [0.15, 0.2) is 30.3 Å². The Labute approximate surface area is 363 Å². The van der Waals surface area contributed by atoms with Crippen LogP contribution in [0.3, 0.4) is 0 Å². The van der Waals surface area contributed by atoms with Crippen LogP contribution < -0.4 is 0 Å². The molecule has 4 fully saturated rings. The largest absolute Gasteiger partial charge is 0.459 e. The third kappa shape index (κ3) is 10.5. The first-order valence-electron chi connectivity index (χ1n) is 22.3. The fourth-order valence-corrected chi connectivity index (χ4v) is 10.7. The summed E-state index contributed by atoms with van der Waals surface area (Å²) in [5.74, 6) is -4.74. The molecule has 18 atom stereocenters. The van der Waals surface area contributed by atoms with Gasteiger partial charge in [0.25, 0.3) is 0 Å². The zero-order chi connectivity index (χ0) is 45.2. The number of aliphatic hydroxyl groups is 1. The van der Waals surface area contributed by atoms with Crippen molar-refractivity contribution < 1.29 is 62.1 Å². The number of Topliss-reactive ketones (excluding diaryl/α,β-unsaturated/α-hetero) is 2. The van der Waals surface area contributed by atoms with Gasteiger partial charge in [0.15, 0.2) is 18.4 Å². The van der Waals surface area contributed by atoms with Crippen LogP contribution >= 0.6 is 0 Å². The summed E-state index contributed by atoms with van der Waals surface area (Å²) < 4.78 is 58.6. The molecule has 0 bridgehead atoms. The molecule has 346 valence electrons. The summed E-state index contributed by atoms with van der Waals surface area (Å²) >= 11 is 0. The molecule has 4 saturated heterocycles. The molecule has 0 aliphatic carbocycles. The first kappa shape index (κ1) is 49.6. The van der Waals surface area contributed by atoms with E-state index in [2.05, 4.69) is 0 Å². The summed E-state index contributed by atoms with van der Waals surface area (Å²) in [6.45, 7) is 18.8. The van der Waals surface area contributed by atoms with Crippen LogP contribution in [-0.4, -0.2) is 141 Å². The third-order valence-electron chi connectivity index (χ3n) is 14.4. The molecule has 4 aliphatic heterocycles. The highest BCUT2D eigenvalue weighted by molar-refractivity contribution is 5.93. The molecule has 1 N–H and O–H groups in total. The van der Waals surface area contributed by atoms with E-state index in [1.165, 1.54) is 0 Å². The minimum Gasteiger partial charge on any atom is -0.459 e. The van der Waals surface area contributed by atoms with Gasteiger partial charge < -0.3 is 52.6 Å². The number of hydrogen-bond acceptors (Lipinski definition) is 14. The number of hydrogen-bond donors (Lipinski definition) is 1. The highest BCUT2D eigenvalue weighted by atomic mass is 16.7. The third-order valence-corrected chi connectivity index (χ3v) is 14.4. The number of carbonyl (C=O) groups excluding carboxylic acids is 3. The van der Waals surface area contributed by atoms with Gasteiger partial charge >= 0.3 is 5.97 Å². The van der Waals surface area contributed by atoms with Crippen LogP contribution in [0.25, 0.3) is 0 Å². The van der Waals surface area contributed by atoms with Crippen molar-refractivity contribution in [2.45, 2.75) is 180 Å². The van der Waals surface area contributed by atoms with Gasteiger partial charge in [0, 0.05) is 44.4 Å². The number of aliphatic hydroxyl groups excluding tert-OH is 1. The molecular weight excluding hydrogens is 787 g/mol. The average molecular weight is 862 g/mol. The maximum Gasteiger partial charge on any atom is 0.311 e. The molecular formula is C47H75NO13. The Bertz CT molecular complexity index is 1630. The Hall–Kier alpha value is -2.37. The average Bonchev–Trinajstić information content (AvgIpc) is 3.53. The quantitative estimate of drug-likeness (QED) is 0.277. The molecule has 1 aromatic carbocycles. The van der Waals surface area contributed by atoms with Crippen LogP contribution in [0.2, 0.25) is 0 Å². The Morgan fingerprint density at radius 1 is 0.852 bits per heavy atom. The number of cyclic esters (lactones) is 1. The van der Waals surface area contributed by atoms with Crippen molar-refractivity contribution >= 4 is 17.5 Å². The minimum absolute atomic E-state index is 0.146. The molecule has 0 radical (unpaired) electrons. The van der Waals surface area contributed by atoms with Crippen molar-refractivity contribution in [3.63, 3.8) is 0 Å². The van der Waals surface area contributed by atoms with Gasteiger partial charge in [-0.2, -0.15) is 0 Å². The number of esters is 1. The second-order valence-corrected chi connectivity index (χ2v) is 19.1. The second kappa shape index (κ2) is 20.2. The monoisotopic (exact) mass is 862 g/mol. The highest BCUT2D eigenvalue weighted by Crippen LogP contribution is 2.45. The van der Waals surface area contributed by atoms with E-state index in [0.29, 0.717) is 19.4 Å². The highest BCUT2D eigenvalue weighted by Gasteiger charge is 2.58. The first-order valence-corrected chi connectivity index (χ1v) is 22.3. The Kier molecular flexibility index (Phi) is 16.4. The van der Waals surface area contributed by atoms with E-state index >= 15 is 0 Å². The number of benzene rings is 1. The molecule has 0 aromatic heterocycles. The number of methoxy groups -OCH3 is 2. The van der Waals surface area contributed by atoms with Crippen molar-refractivity contribution in [1.29, 1.82) is 0 Å². The van der Waals surface area contributed by atoms with Gasteiger partial charge in [-0.15, -0.1) is 0 Å². The molecule has 14 nitrogen and oxygen atoms in total. The number of likely N-dealkylation sites (N-methyl/N-ethyl adjacent to an activating group) is 1. The molecule has 1 unspecified atom stereocenters. The number of carbonyl (C=O) groups is 3. The molecule has 4 aliphatic rings. The van der Waals surface area contributed by atoms with Crippen LogP contribution in [0.5, 0.6) is 0 Å². The molecule has 14 heteroatoms. The molecule has 0 amide bonds. The predicted molar refractivity (Wildman–Crippen MR) is 226 cm³/mol. The van der Waals surface area contributed by atoms with E-state index in [9.17, 15) is 19.5 Å². The van der Waals surface area contributed by atoms with Crippen LogP contribution in [0, 0.1) is 29.6 Å². The van der Waals surface area contributed by atoms with Gasteiger partial charge in [-0.05, 0) is 80.5 Å². The zero-order valence-corrected chi connectivity index (χ0v) is 39.1. The Balaban J connectivity index is 1.58. The minimum atomic E-state index is -1.25. The van der Waals surface area contributed by atoms with Gasteiger partial charge in [0.2, 0.25) is 0 Å². The van der Waals surface area contributed by atoms with E-state index in [4.69, 9.17) is 42.6 Å². The lowest BCUT2D eigenvalue weighted by Crippen LogP contribution is -2.61. The lowest BCUT2D eigenvalue weighted by molar-refractivity contribution is -0.322. The normalized spacial score (nSPS) is 44.4. The fraction of sp³-hybridized carbons (Fsp3) is 0.809. The smallest absolute Gasteiger partial charge is 0.311 e. The maximum atomic E-state index is 14.7. The molecule has 61 heavy (non-hydrogen) atoms. The van der Waals surface area contributed by atoms with Crippen molar-refractivity contribution in [2.24, 2.45) is 29.6 Å². The summed E-state index contributed by atoms with van der Waals surface area (Å²) in [4.78, 5) is 44.8. The van der Waals surface area contributed by atoms with E-state index in [1.54, 1.807) is 35.0 Å². The van der Waals surface area contributed by atoms with Gasteiger partial charge in [-0.3, -0.25) is 14.4 Å². The van der Waals surface area contributed by atoms with Gasteiger partial charge in [0.1, 0.15) is 36.3 Å². The van der Waals surface area contributed by atoms with Gasteiger partial charge in [-0.1, -0.05) is 58.0 Å². The maximum absolute atomic E-state index is 14.7. The topological polar surface area (TPSA) is 158 Å². The van der Waals surface area contributed by atoms with Crippen molar-refractivity contribution in [2.75, 3.05) is 34.9 Å². The summed E-state index contributed by atoms with van der Waals surface area (Å²) in [5, 5.41) is 11.8. The standard InChI is InChI=1S/C47H75NO13/c1-15-35-47(10)37(34(49)25-56-47)28(4)38(50)26(2)22-45(8,53-13)41(61-44-39(51)33(48(11)12)21-27(3)57-44)29(5)40(30(6)43(52)59-35)60-36-23-46(9,54-14)42(31(7)58-36)55-24-32-19-17-16-18-20-32/h16-20,26-31,33,35-37,39-42,44,51H,15,21-25H2,1-14H3/t26-,27-,28?,29+,30-,31+,33+,35-,36+,37-,39-,40+,41-,42+,44+,45-,46-,47-/m1/s1. The van der Waals surface area contributed by atoms with E-state index in [0.717, 1.165) is 5.56 Å². The summed E-state index contributed by atoms with van der Waals surface area (Å²) in [6.07, 6.45) is -5.56. The first-order chi connectivity index (χ1) is 28.6. The SMILES string of the molecule is CC[C@H]1OC(=O)[C@H](C)[C@@H](O[C@H]2C[C@@](C)(OC)[C@@H](OCc3ccccc3)[C@H](C)O2)[C@H](C)[C@@H](O[C@@H]2O[C@H](C)C[C@H](N(C)C)[C@H]2O)[C@](C)(OC)C[C@@H](C)C(=O)C(C)[C@@H]2C(=O)CO[C@]12C. The number of nitrogens with zero attached hydrogens (tertiary/aromatic N) is 1. The van der Waals surface area contributed by atoms with Crippen molar-refractivity contribution in [3.8, 4) is 0 Å².